The van der Waals surface area contributed by atoms with Gasteiger partial charge >= 0.3 is 0 Å². The van der Waals surface area contributed by atoms with Crippen LogP contribution in [0, 0.1) is 0 Å². The van der Waals surface area contributed by atoms with Crippen molar-refractivity contribution in [2.75, 3.05) is 18.0 Å². The van der Waals surface area contributed by atoms with Gasteiger partial charge in [-0.2, -0.15) is 4.37 Å². The molecule has 0 aliphatic carbocycles. The van der Waals surface area contributed by atoms with E-state index in [1.165, 1.54) is 19.3 Å². The fourth-order valence-electron chi connectivity index (χ4n) is 2.51. The fraction of sp³-hybridized carbons (Fsp3) is 0.857. The molecule has 108 valence electrons. The average Bonchev–Trinajstić information content (AvgIpc) is 2.85. The van der Waals surface area contributed by atoms with E-state index in [0.29, 0.717) is 12.1 Å². The molecule has 1 aliphatic heterocycles. The second-order valence-corrected chi connectivity index (χ2v) is 6.37. The molecule has 0 saturated carbocycles. The Bertz CT molecular complexity index is 371. The molecule has 1 saturated heterocycles. The molecule has 1 atom stereocenters. The number of piperidine rings is 1. The molecule has 0 bridgehead atoms. The first kappa shape index (κ1) is 14.7. The summed E-state index contributed by atoms with van der Waals surface area (Å²) >= 11 is 1.55. The van der Waals surface area contributed by atoms with Crippen LogP contribution in [-0.2, 0) is 6.42 Å². The molecule has 0 amide bonds. The minimum atomic E-state index is 0.478. The lowest BCUT2D eigenvalue weighted by molar-refractivity contribution is 0.393. The van der Waals surface area contributed by atoms with Gasteiger partial charge in [0, 0.05) is 36.6 Å². The highest BCUT2D eigenvalue weighted by Gasteiger charge is 2.21. The quantitative estimate of drug-likeness (QED) is 0.871. The normalized spacial score (nSPS) is 19.9. The van der Waals surface area contributed by atoms with E-state index in [0.717, 1.165) is 36.9 Å². The topological polar surface area (TPSA) is 41.1 Å². The van der Waals surface area contributed by atoms with Crippen LogP contribution in [0.4, 0.5) is 5.13 Å². The number of rotatable bonds is 6. The summed E-state index contributed by atoms with van der Waals surface area (Å²) in [4.78, 5) is 7.10. The van der Waals surface area contributed by atoms with Crippen molar-refractivity contribution in [1.82, 2.24) is 14.7 Å². The molecular weight excluding hydrogens is 256 g/mol. The van der Waals surface area contributed by atoms with E-state index < -0.39 is 0 Å². The Kier molecular flexibility index (Phi) is 5.58. The standard InChI is InChI=1S/C14H26N4S/c1-4-7-13-16-14(19-17-13)18(11(2)3)10-12-8-5-6-9-15-12/h11-12,15H,4-10H2,1-3H3. The molecule has 0 radical (unpaired) electrons. The predicted molar refractivity (Wildman–Crippen MR) is 82.0 cm³/mol. The highest BCUT2D eigenvalue weighted by atomic mass is 32.1. The molecule has 1 aromatic rings. The van der Waals surface area contributed by atoms with Crippen molar-refractivity contribution in [3.05, 3.63) is 5.82 Å². The van der Waals surface area contributed by atoms with Crippen molar-refractivity contribution in [1.29, 1.82) is 0 Å². The molecule has 0 aromatic carbocycles. The largest absolute Gasteiger partial charge is 0.343 e. The zero-order valence-corrected chi connectivity index (χ0v) is 13.2. The highest BCUT2D eigenvalue weighted by Crippen LogP contribution is 2.22. The van der Waals surface area contributed by atoms with Gasteiger partial charge in [0.2, 0.25) is 5.13 Å². The lowest BCUT2D eigenvalue weighted by atomic mass is 10.0. The Morgan fingerprint density at radius 3 is 2.89 bits per heavy atom. The lowest BCUT2D eigenvalue weighted by Gasteiger charge is -2.32. The van der Waals surface area contributed by atoms with Crippen molar-refractivity contribution < 1.29 is 0 Å². The van der Waals surface area contributed by atoms with E-state index in [1.807, 2.05) is 0 Å². The van der Waals surface area contributed by atoms with Gasteiger partial charge < -0.3 is 10.2 Å². The third-order valence-electron chi connectivity index (χ3n) is 3.63. The Hall–Kier alpha value is -0.680. The van der Waals surface area contributed by atoms with Crippen LogP contribution in [0.5, 0.6) is 0 Å². The number of aromatic nitrogens is 2. The van der Waals surface area contributed by atoms with Crippen LogP contribution in [0.25, 0.3) is 0 Å². The van der Waals surface area contributed by atoms with Gasteiger partial charge in [-0.05, 0) is 39.7 Å². The summed E-state index contributed by atoms with van der Waals surface area (Å²) in [6.07, 6.45) is 6.05. The zero-order chi connectivity index (χ0) is 13.7. The highest BCUT2D eigenvalue weighted by molar-refractivity contribution is 7.09. The molecule has 4 nitrogen and oxygen atoms in total. The Labute approximate surface area is 120 Å². The van der Waals surface area contributed by atoms with Gasteiger partial charge in [0.25, 0.3) is 0 Å². The van der Waals surface area contributed by atoms with Gasteiger partial charge in [-0.1, -0.05) is 13.3 Å². The minimum absolute atomic E-state index is 0.478. The monoisotopic (exact) mass is 282 g/mol. The van der Waals surface area contributed by atoms with Gasteiger partial charge in [-0.25, -0.2) is 4.98 Å². The lowest BCUT2D eigenvalue weighted by Crippen LogP contribution is -2.46. The van der Waals surface area contributed by atoms with E-state index in [-0.39, 0.29) is 0 Å². The van der Waals surface area contributed by atoms with Gasteiger partial charge in [0.15, 0.2) is 0 Å². The first-order valence-electron chi connectivity index (χ1n) is 7.53. The van der Waals surface area contributed by atoms with E-state index in [4.69, 9.17) is 4.98 Å². The summed E-state index contributed by atoms with van der Waals surface area (Å²) < 4.78 is 4.47. The number of nitrogens with one attached hydrogen (secondary N) is 1. The summed E-state index contributed by atoms with van der Waals surface area (Å²) in [5, 5.41) is 4.71. The third kappa shape index (κ3) is 4.14. The fourth-order valence-corrected chi connectivity index (χ4v) is 3.37. The maximum Gasteiger partial charge on any atom is 0.205 e. The van der Waals surface area contributed by atoms with Crippen LogP contribution in [0.2, 0.25) is 0 Å². The summed E-state index contributed by atoms with van der Waals surface area (Å²) in [7, 11) is 0. The molecule has 5 heteroatoms. The number of nitrogens with zero attached hydrogens (tertiary/aromatic N) is 3. The van der Waals surface area contributed by atoms with Gasteiger partial charge in [0.1, 0.15) is 5.82 Å². The van der Waals surface area contributed by atoms with E-state index in [1.54, 1.807) is 11.5 Å². The molecule has 1 N–H and O–H groups in total. The van der Waals surface area contributed by atoms with E-state index in [9.17, 15) is 0 Å². The van der Waals surface area contributed by atoms with Crippen LogP contribution in [-0.4, -0.2) is 34.5 Å². The second kappa shape index (κ2) is 7.20. The van der Waals surface area contributed by atoms with E-state index >= 15 is 0 Å². The summed E-state index contributed by atoms with van der Waals surface area (Å²) in [5.74, 6) is 1.00. The van der Waals surface area contributed by atoms with Crippen molar-refractivity contribution in [3.63, 3.8) is 0 Å². The molecule has 1 aliphatic rings. The average molecular weight is 282 g/mol. The number of aryl methyl sites for hydroxylation is 1. The van der Waals surface area contributed by atoms with Crippen molar-refractivity contribution in [2.45, 2.75) is 65.0 Å². The van der Waals surface area contributed by atoms with Crippen molar-refractivity contribution in [2.24, 2.45) is 0 Å². The molecule has 1 aromatic heterocycles. The number of hydrogen-bond donors (Lipinski definition) is 1. The zero-order valence-electron chi connectivity index (χ0n) is 12.4. The molecule has 0 spiro atoms. The van der Waals surface area contributed by atoms with Crippen molar-refractivity contribution in [3.8, 4) is 0 Å². The molecular formula is C14H26N4S. The van der Waals surface area contributed by atoms with Crippen LogP contribution in [0.15, 0.2) is 0 Å². The maximum absolute atomic E-state index is 4.69. The summed E-state index contributed by atoms with van der Waals surface area (Å²) in [6.45, 7) is 8.87. The molecule has 19 heavy (non-hydrogen) atoms. The van der Waals surface area contributed by atoms with Gasteiger partial charge in [-0.15, -0.1) is 0 Å². The second-order valence-electron chi connectivity index (χ2n) is 5.64. The van der Waals surface area contributed by atoms with Crippen LogP contribution in [0.3, 0.4) is 0 Å². The number of hydrogen-bond acceptors (Lipinski definition) is 5. The van der Waals surface area contributed by atoms with Crippen LogP contribution >= 0.6 is 11.5 Å². The number of anilines is 1. The Balaban J connectivity index is 2.01. The van der Waals surface area contributed by atoms with Gasteiger partial charge in [0.05, 0.1) is 0 Å². The Morgan fingerprint density at radius 1 is 1.42 bits per heavy atom. The van der Waals surface area contributed by atoms with Crippen LogP contribution < -0.4 is 10.2 Å². The first-order chi connectivity index (χ1) is 9.20. The first-order valence-corrected chi connectivity index (χ1v) is 8.30. The molecule has 2 rings (SSSR count). The molecule has 1 unspecified atom stereocenters. The summed E-state index contributed by atoms with van der Waals surface area (Å²) in [5.41, 5.74) is 0. The van der Waals surface area contributed by atoms with Crippen molar-refractivity contribution >= 4 is 16.7 Å². The predicted octanol–water partition coefficient (Wildman–Crippen LogP) is 2.85. The molecule has 2 heterocycles. The minimum Gasteiger partial charge on any atom is -0.343 e. The van der Waals surface area contributed by atoms with E-state index in [2.05, 4.69) is 35.4 Å². The molecule has 1 fully saturated rings. The Morgan fingerprint density at radius 2 is 2.26 bits per heavy atom. The van der Waals surface area contributed by atoms with Crippen LogP contribution in [0.1, 0.15) is 52.3 Å². The smallest absolute Gasteiger partial charge is 0.205 e. The summed E-state index contributed by atoms with van der Waals surface area (Å²) in [6, 6.07) is 1.08. The SMILES string of the molecule is CCCc1nsc(N(CC2CCCCN2)C(C)C)n1. The maximum atomic E-state index is 4.69. The third-order valence-corrected chi connectivity index (χ3v) is 4.42. The van der Waals surface area contributed by atoms with Gasteiger partial charge in [-0.3, -0.25) is 0 Å².